The summed E-state index contributed by atoms with van der Waals surface area (Å²) < 4.78 is 5.08. The fourth-order valence-corrected chi connectivity index (χ4v) is 3.54. The minimum absolute atomic E-state index is 0.111. The molecule has 0 aliphatic carbocycles. The van der Waals surface area contributed by atoms with Gasteiger partial charge in [0.1, 0.15) is 5.75 Å². The second kappa shape index (κ2) is 11.2. The smallest absolute Gasteiger partial charge is 0.248 e. The lowest BCUT2D eigenvalue weighted by atomic mass is 10.1. The largest absolute Gasteiger partial charge is 0.497 e. The summed E-state index contributed by atoms with van der Waals surface area (Å²) in [5, 5.41) is 8.23. The van der Waals surface area contributed by atoms with Crippen molar-refractivity contribution in [1.29, 1.82) is 0 Å². The van der Waals surface area contributed by atoms with Crippen LogP contribution in [0.2, 0.25) is 0 Å². The van der Waals surface area contributed by atoms with E-state index in [0.29, 0.717) is 11.4 Å². The fourth-order valence-electron chi connectivity index (χ4n) is 2.76. The Bertz CT molecular complexity index is 1070. The van der Waals surface area contributed by atoms with Gasteiger partial charge in [0.2, 0.25) is 11.8 Å². The summed E-state index contributed by atoms with van der Waals surface area (Å²) in [5.74, 6) is 0.496. The highest BCUT2D eigenvalue weighted by Crippen LogP contribution is 2.22. The first kappa shape index (κ1) is 22.4. The molecule has 0 fully saturated rings. The molecule has 31 heavy (non-hydrogen) atoms. The maximum absolute atomic E-state index is 12.0. The van der Waals surface area contributed by atoms with Crippen molar-refractivity contribution in [2.24, 2.45) is 0 Å². The maximum atomic E-state index is 12.0. The molecular weight excluding hydrogens is 432 g/mol. The molecule has 0 heterocycles. The Kier molecular flexibility index (Phi) is 8.08. The third-order valence-corrected chi connectivity index (χ3v) is 5.33. The van der Waals surface area contributed by atoms with E-state index in [1.54, 1.807) is 31.4 Å². The molecule has 9 heteroatoms. The molecule has 2 amide bonds. The number of hydrogen-bond acceptors (Lipinski definition) is 5. The van der Waals surface area contributed by atoms with E-state index in [4.69, 9.17) is 17.0 Å². The van der Waals surface area contributed by atoms with Crippen LogP contribution in [0, 0.1) is 0 Å². The molecule has 7 nitrogen and oxygen atoms in total. The number of thioether (sulfide) groups is 1. The van der Waals surface area contributed by atoms with Crippen LogP contribution in [0.4, 0.5) is 11.4 Å². The van der Waals surface area contributed by atoms with Crippen LogP contribution in [0.25, 0.3) is 10.8 Å². The van der Waals surface area contributed by atoms with Crippen LogP contribution in [0.3, 0.4) is 0 Å². The lowest BCUT2D eigenvalue weighted by Gasteiger charge is -2.13. The number of rotatable bonds is 7. The summed E-state index contributed by atoms with van der Waals surface area (Å²) in [6, 6.07) is 20.8. The van der Waals surface area contributed by atoms with Gasteiger partial charge in [0.15, 0.2) is 5.11 Å². The number of fused-ring (bicyclic) bond motifs is 1. The van der Waals surface area contributed by atoms with Crippen molar-refractivity contribution in [2.45, 2.75) is 0 Å². The van der Waals surface area contributed by atoms with Gasteiger partial charge in [0.25, 0.3) is 0 Å². The van der Waals surface area contributed by atoms with E-state index in [9.17, 15) is 9.59 Å². The summed E-state index contributed by atoms with van der Waals surface area (Å²) in [7, 11) is 1.58. The molecule has 0 aromatic heterocycles. The number of hydrazine groups is 1. The molecule has 0 saturated heterocycles. The number of thiocarbonyl (C=S) groups is 1. The Morgan fingerprint density at radius 1 is 0.871 bits per heavy atom. The predicted octanol–water partition coefficient (Wildman–Crippen LogP) is 3.54. The number of carbonyl (C=O) groups excluding carboxylic acids is 2. The zero-order valence-electron chi connectivity index (χ0n) is 16.8. The minimum Gasteiger partial charge on any atom is -0.497 e. The molecule has 0 atom stereocenters. The van der Waals surface area contributed by atoms with Crippen LogP contribution in [-0.2, 0) is 9.59 Å². The predicted molar refractivity (Wildman–Crippen MR) is 130 cm³/mol. The molecule has 3 rings (SSSR count). The maximum Gasteiger partial charge on any atom is 0.248 e. The number of methoxy groups -OCH3 is 1. The topological polar surface area (TPSA) is 91.5 Å². The third kappa shape index (κ3) is 6.87. The van der Waals surface area contributed by atoms with E-state index in [1.807, 2.05) is 42.5 Å². The number of hydrogen-bond donors (Lipinski definition) is 4. The Labute approximate surface area is 189 Å². The number of benzene rings is 3. The van der Waals surface area contributed by atoms with Gasteiger partial charge >= 0.3 is 0 Å². The van der Waals surface area contributed by atoms with Crippen molar-refractivity contribution in [3.05, 3.63) is 66.7 Å². The van der Waals surface area contributed by atoms with Crippen molar-refractivity contribution in [1.82, 2.24) is 10.9 Å². The average molecular weight is 455 g/mol. The highest BCUT2D eigenvalue weighted by atomic mass is 32.2. The van der Waals surface area contributed by atoms with E-state index in [2.05, 4.69) is 21.5 Å². The Morgan fingerprint density at radius 2 is 1.58 bits per heavy atom. The quantitative estimate of drug-likeness (QED) is 0.321. The van der Waals surface area contributed by atoms with E-state index in [0.717, 1.165) is 16.5 Å². The fraction of sp³-hybridized carbons (Fsp3) is 0.136. The average Bonchev–Trinajstić information content (AvgIpc) is 2.78. The lowest BCUT2D eigenvalue weighted by molar-refractivity contribution is -0.119. The van der Waals surface area contributed by atoms with Crippen molar-refractivity contribution >= 4 is 63.1 Å². The third-order valence-electron chi connectivity index (χ3n) is 4.19. The molecule has 160 valence electrons. The number of amides is 2. The van der Waals surface area contributed by atoms with Gasteiger partial charge in [-0.05, 0) is 47.9 Å². The summed E-state index contributed by atoms with van der Waals surface area (Å²) in [4.78, 5) is 24.0. The van der Waals surface area contributed by atoms with Gasteiger partial charge in [-0.3, -0.25) is 20.4 Å². The van der Waals surface area contributed by atoms with E-state index >= 15 is 0 Å². The van der Waals surface area contributed by atoms with Crippen LogP contribution < -0.4 is 26.2 Å². The van der Waals surface area contributed by atoms with Gasteiger partial charge in [-0.1, -0.05) is 36.4 Å². The summed E-state index contributed by atoms with van der Waals surface area (Å²) >= 11 is 6.45. The van der Waals surface area contributed by atoms with Gasteiger partial charge in [0.05, 0.1) is 18.6 Å². The molecule has 0 spiro atoms. The Morgan fingerprint density at radius 3 is 2.35 bits per heavy atom. The van der Waals surface area contributed by atoms with E-state index < -0.39 is 0 Å². The zero-order chi connectivity index (χ0) is 22.1. The molecule has 0 saturated carbocycles. The van der Waals surface area contributed by atoms with Crippen LogP contribution in [-0.4, -0.2) is 35.5 Å². The molecule has 0 radical (unpaired) electrons. The Balaban J connectivity index is 1.36. The lowest BCUT2D eigenvalue weighted by Crippen LogP contribution is -2.44. The number of nitrogens with one attached hydrogen (secondary N) is 4. The first-order valence-corrected chi connectivity index (χ1v) is 11.0. The summed E-state index contributed by atoms with van der Waals surface area (Å²) in [6.45, 7) is 0. The normalized spacial score (nSPS) is 10.2. The second-order valence-corrected chi connectivity index (χ2v) is 7.82. The van der Waals surface area contributed by atoms with Gasteiger partial charge in [-0.2, -0.15) is 0 Å². The molecule has 0 bridgehead atoms. The molecule has 0 aliphatic heterocycles. The van der Waals surface area contributed by atoms with Crippen molar-refractivity contribution in [3.63, 3.8) is 0 Å². The molecule has 0 aliphatic rings. The first-order valence-electron chi connectivity index (χ1n) is 9.40. The SMILES string of the molecule is COc1ccc(NC(=O)CSCC(=O)NNC(=S)Nc2cccc3ccccc23)cc1. The zero-order valence-corrected chi connectivity index (χ0v) is 18.4. The summed E-state index contributed by atoms with van der Waals surface area (Å²) in [5.41, 5.74) is 6.72. The monoisotopic (exact) mass is 454 g/mol. The second-order valence-electron chi connectivity index (χ2n) is 6.42. The van der Waals surface area contributed by atoms with Crippen molar-refractivity contribution < 1.29 is 14.3 Å². The van der Waals surface area contributed by atoms with Gasteiger partial charge in [-0.15, -0.1) is 11.8 Å². The van der Waals surface area contributed by atoms with Gasteiger partial charge in [0, 0.05) is 16.8 Å². The highest BCUT2D eigenvalue weighted by molar-refractivity contribution is 8.00. The number of anilines is 2. The number of ether oxygens (including phenoxy) is 1. The van der Waals surface area contributed by atoms with Crippen LogP contribution in [0.1, 0.15) is 0 Å². The molecular formula is C22H22N4O3S2. The van der Waals surface area contributed by atoms with Crippen LogP contribution in [0.5, 0.6) is 5.75 Å². The van der Waals surface area contributed by atoms with Crippen molar-refractivity contribution in [3.8, 4) is 5.75 Å². The molecule has 3 aromatic rings. The molecule has 0 unspecified atom stereocenters. The van der Waals surface area contributed by atoms with Crippen LogP contribution in [0.15, 0.2) is 66.7 Å². The first-order chi connectivity index (χ1) is 15.0. The number of carbonyl (C=O) groups is 2. The van der Waals surface area contributed by atoms with Crippen LogP contribution >= 0.6 is 24.0 Å². The van der Waals surface area contributed by atoms with E-state index in [1.165, 1.54) is 11.8 Å². The van der Waals surface area contributed by atoms with E-state index in [-0.39, 0.29) is 28.4 Å². The van der Waals surface area contributed by atoms with Gasteiger partial charge < -0.3 is 15.4 Å². The standard InChI is InChI=1S/C22H22N4O3S2/c1-29-17-11-9-16(10-12-17)23-20(27)13-31-14-21(28)25-26-22(30)24-19-8-4-6-15-5-2-3-7-18(15)19/h2-12H,13-14H2,1H3,(H,23,27)(H,25,28)(H2,24,26,30). The minimum atomic E-state index is -0.288. The van der Waals surface area contributed by atoms with Crippen molar-refractivity contribution in [2.75, 3.05) is 29.2 Å². The Hall–Kier alpha value is -3.30. The van der Waals surface area contributed by atoms with Gasteiger partial charge in [-0.25, -0.2) is 0 Å². The molecule has 3 aromatic carbocycles. The molecule has 4 N–H and O–H groups in total. The highest BCUT2D eigenvalue weighted by Gasteiger charge is 2.08. The summed E-state index contributed by atoms with van der Waals surface area (Å²) in [6.07, 6.45) is 0.